The zero-order valence-electron chi connectivity index (χ0n) is 14.7. The molecular formula is C18H28N2O3S. The van der Waals surface area contributed by atoms with Gasteiger partial charge in [0.25, 0.3) is 5.91 Å². The molecule has 24 heavy (non-hydrogen) atoms. The Labute approximate surface area is 148 Å². The molecule has 3 rings (SSSR count). The molecule has 2 atom stereocenters. The zero-order valence-corrected chi connectivity index (χ0v) is 15.5. The molecule has 3 heterocycles. The van der Waals surface area contributed by atoms with Crippen LogP contribution in [0.1, 0.15) is 36.4 Å². The molecule has 0 aromatic carbocycles. The Kier molecular flexibility index (Phi) is 5.92. The van der Waals surface area contributed by atoms with Crippen LogP contribution in [0.15, 0.2) is 17.5 Å². The highest BCUT2D eigenvalue weighted by molar-refractivity contribution is 7.12. The summed E-state index contributed by atoms with van der Waals surface area (Å²) in [4.78, 5) is 17.8. The second-order valence-corrected chi connectivity index (χ2v) is 7.65. The maximum absolute atomic E-state index is 12.7. The highest BCUT2D eigenvalue weighted by atomic mass is 32.1. The van der Waals surface area contributed by atoms with Crippen LogP contribution in [0.25, 0.3) is 0 Å². The smallest absolute Gasteiger partial charge is 0.264 e. The van der Waals surface area contributed by atoms with E-state index in [-0.39, 0.29) is 17.6 Å². The fourth-order valence-corrected chi connectivity index (χ4v) is 4.34. The van der Waals surface area contributed by atoms with Crippen molar-refractivity contribution in [3.63, 3.8) is 0 Å². The topological polar surface area (TPSA) is 42.0 Å². The second-order valence-electron chi connectivity index (χ2n) is 6.70. The Balaban J connectivity index is 1.65. The monoisotopic (exact) mass is 352 g/mol. The summed E-state index contributed by atoms with van der Waals surface area (Å²) in [6.45, 7) is 9.88. The first-order valence-corrected chi connectivity index (χ1v) is 9.84. The van der Waals surface area contributed by atoms with Gasteiger partial charge < -0.3 is 19.3 Å². The number of hydrogen-bond donors (Lipinski definition) is 0. The predicted molar refractivity (Wildman–Crippen MR) is 95.7 cm³/mol. The van der Waals surface area contributed by atoms with E-state index >= 15 is 0 Å². The molecule has 134 valence electrons. The molecule has 2 aliphatic heterocycles. The Morgan fingerprint density at radius 2 is 2.29 bits per heavy atom. The van der Waals surface area contributed by atoms with E-state index in [0.29, 0.717) is 26.3 Å². The number of hydrogen-bond acceptors (Lipinski definition) is 5. The molecule has 0 saturated carbocycles. The van der Waals surface area contributed by atoms with Crippen LogP contribution < -0.4 is 0 Å². The van der Waals surface area contributed by atoms with Gasteiger partial charge in [-0.05, 0) is 37.4 Å². The highest BCUT2D eigenvalue weighted by Gasteiger charge is 2.44. The number of ether oxygens (including phenoxy) is 2. The summed E-state index contributed by atoms with van der Waals surface area (Å²) in [6, 6.07) is 3.82. The molecule has 2 saturated heterocycles. The van der Waals surface area contributed by atoms with E-state index in [1.54, 1.807) is 0 Å². The first-order valence-electron chi connectivity index (χ1n) is 8.96. The molecule has 2 unspecified atom stereocenters. The summed E-state index contributed by atoms with van der Waals surface area (Å²) in [6.07, 6.45) is 2.25. The van der Waals surface area contributed by atoms with E-state index in [1.165, 1.54) is 11.3 Å². The largest absolute Gasteiger partial charge is 0.377 e. The van der Waals surface area contributed by atoms with Crippen LogP contribution >= 0.6 is 11.3 Å². The van der Waals surface area contributed by atoms with Crippen LogP contribution in [0.2, 0.25) is 0 Å². The maximum atomic E-state index is 12.7. The van der Waals surface area contributed by atoms with Gasteiger partial charge in [0.05, 0.1) is 30.7 Å². The molecule has 5 nitrogen and oxygen atoms in total. The van der Waals surface area contributed by atoms with Crippen molar-refractivity contribution in [1.82, 2.24) is 9.80 Å². The normalized spacial score (nSPS) is 27.8. The SMILES string of the molecule is CCN(CC)CC1CCC2(COCCN(C(=O)c3cccs3)C2)O1. The lowest BCUT2D eigenvalue weighted by atomic mass is 10.00. The van der Waals surface area contributed by atoms with Crippen LogP contribution in [0.3, 0.4) is 0 Å². The quantitative estimate of drug-likeness (QED) is 0.816. The standard InChI is InChI=1S/C18H28N2O3S/c1-3-19(4-2)12-15-7-8-18(23-15)13-20(9-10-22-14-18)17(21)16-6-5-11-24-16/h5-6,11,15H,3-4,7-10,12-14H2,1-2H3. The zero-order chi connectivity index (χ0) is 17.0. The number of amides is 1. The Morgan fingerprint density at radius 3 is 3.00 bits per heavy atom. The average molecular weight is 352 g/mol. The van der Waals surface area contributed by atoms with Gasteiger partial charge in [0.2, 0.25) is 0 Å². The van der Waals surface area contributed by atoms with E-state index in [4.69, 9.17) is 9.47 Å². The summed E-state index contributed by atoms with van der Waals surface area (Å²) >= 11 is 1.50. The van der Waals surface area contributed by atoms with E-state index in [1.807, 2.05) is 22.4 Å². The molecule has 1 amide bonds. The Hall–Kier alpha value is -0.950. The molecule has 0 N–H and O–H groups in total. The lowest BCUT2D eigenvalue weighted by Gasteiger charge is -2.32. The van der Waals surface area contributed by atoms with Crippen molar-refractivity contribution >= 4 is 17.2 Å². The lowest BCUT2D eigenvalue weighted by molar-refractivity contribution is -0.0896. The summed E-state index contributed by atoms with van der Waals surface area (Å²) in [5, 5.41) is 1.95. The van der Waals surface area contributed by atoms with Crippen molar-refractivity contribution in [2.24, 2.45) is 0 Å². The van der Waals surface area contributed by atoms with Crippen molar-refractivity contribution in [3.8, 4) is 0 Å². The van der Waals surface area contributed by atoms with Gasteiger partial charge in [-0.3, -0.25) is 4.79 Å². The number of thiophene rings is 1. The minimum atomic E-state index is -0.332. The first kappa shape index (κ1) is 17.9. The van der Waals surface area contributed by atoms with Crippen molar-refractivity contribution in [3.05, 3.63) is 22.4 Å². The minimum absolute atomic E-state index is 0.102. The fraction of sp³-hybridized carbons (Fsp3) is 0.722. The van der Waals surface area contributed by atoms with Crippen molar-refractivity contribution < 1.29 is 14.3 Å². The molecule has 0 radical (unpaired) electrons. The average Bonchev–Trinajstić information content (AvgIpc) is 3.20. The van der Waals surface area contributed by atoms with Crippen molar-refractivity contribution in [2.75, 3.05) is 45.9 Å². The maximum Gasteiger partial charge on any atom is 0.264 e. The molecule has 0 bridgehead atoms. The fourth-order valence-electron chi connectivity index (χ4n) is 3.65. The van der Waals surface area contributed by atoms with Gasteiger partial charge in [-0.2, -0.15) is 0 Å². The van der Waals surface area contributed by atoms with Gasteiger partial charge >= 0.3 is 0 Å². The summed E-state index contributed by atoms with van der Waals surface area (Å²) in [5.74, 6) is 0.102. The third kappa shape index (κ3) is 3.99. The van der Waals surface area contributed by atoms with E-state index in [9.17, 15) is 4.79 Å². The van der Waals surface area contributed by atoms with Crippen LogP contribution in [-0.4, -0.2) is 73.3 Å². The summed E-state index contributed by atoms with van der Waals surface area (Å²) < 4.78 is 12.3. The molecule has 6 heteroatoms. The molecule has 1 spiro atoms. The molecule has 2 aliphatic rings. The van der Waals surface area contributed by atoms with Crippen molar-refractivity contribution in [2.45, 2.75) is 38.4 Å². The third-order valence-corrected chi connectivity index (χ3v) is 5.92. The van der Waals surface area contributed by atoms with Gasteiger partial charge in [-0.15, -0.1) is 11.3 Å². The van der Waals surface area contributed by atoms with Crippen molar-refractivity contribution in [1.29, 1.82) is 0 Å². The van der Waals surface area contributed by atoms with Gasteiger partial charge in [-0.1, -0.05) is 19.9 Å². The van der Waals surface area contributed by atoms with Gasteiger partial charge in [-0.25, -0.2) is 0 Å². The van der Waals surface area contributed by atoms with Crippen LogP contribution in [0.4, 0.5) is 0 Å². The van der Waals surface area contributed by atoms with Gasteiger partial charge in [0, 0.05) is 13.1 Å². The predicted octanol–water partition coefficient (Wildman–Crippen LogP) is 2.48. The number of rotatable bonds is 5. The van der Waals surface area contributed by atoms with E-state index in [2.05, 4.69) is 18.7 Å². The minimum Gasteiger partial charge on any atom is -0.377 e. The van der Waals surface area contributed by atoms with Gasteiger partial charge in [0.1, 0.15) is 5.60 Å². The Morgan fingerprint density at radius 1 is 1.46 bits per heavy atom. The number of nitrogens with zero attached hydrogens (tertiary/aromatic N) is 2. The molecule has 2 fully saturated rings. The first-order chi connectivity index (χ1) is 11.7. The van der Waals surface area contributed by atoms with Crippen LogP contribution in [0, 0.1) is 0 Å². The third-order valence-electron chi connectivity index (χ3n) is 5.06. The molecule has 1 aromatic heterocycles. The van der Waals surface area contributed by atoms with E-state index in [0.717, 1.165) is 37.4 Å². The molecule has 1 aromatic rings. The summed E-state index contributed by atoms with van der Waals surface area (Å²) in [5.41, 5.74) is -0.332. The number of carbonyl (C=O) groups is 1. The van der Waals surface area contributed by atoms with Crippen LogP contribution in [0.5, 0.6) is 0 Å². The van der Waals surface area contributed by atoms with Crippen LogP contribution in [-0.2, 0) is 9.47 Å². The second kappa shape index (κ2) is 7.95. The molecular weight excluding hydrogens is 324 g/mol. The Bertz CT molecular complexity index is 532. The summed E-state index contributed by atoms with van der Waals surface area (Å²) in [7, 11) is 0. The number of carbonyl (C=O) groups excluding carboxylic acids is 1. The van der Waals surface area contributed by atoms with E-state index < -0.39 is 0 Å². The van der Waals surface area contributed by atoms with Gasteiger partial charge in [0.15, 0.2) is 0 Å². The highest BCUT2D eigenvalue weighted by Crippen LogP contribution is 2.34. The molecule has 0 aliphatic carbocycles. The lowest BCUT2D eigenvalue weighted by Crippen LogP contribution is -2.47. The number of likely N-dealkylation sites (N-methyl/N-ethyl adjacent to an activating group) is 1.